The van der Waals surface area contributed by atoms with Crippen molar-refractivity contribution in [1.82, 2.24) is 10.2 Å². The summed E-state index contributed by atoms with van der Waals surface area (Å²) in [6.07, 6.45) is 5.13. The zero-order valence-electron chi connectivity index (χ0n) is 11.5. The van der Waals surface area contributed by atoms with E-state index in [0.717, 1.165) is 0 Å². The van der Waals surface area contributed by atoms with Crippen LogP contribution in [0.15, 0.2) is 36.4 Å². The van der Waals surface area contributed by atoms with E-state index in [2.05, 4.69) is 16.1 Å². The fourth-order valence-electron chi connectivity index (χ4n) is 1.76. The standard InChI is InChI=1S/C16H14FN3O/c1-3-12-8-9-15(20-19-12)14(18)10-11(2)21-16-7-5-4-6-13(16)17/h1,4-9,11,18H,10H2,2H3/t11-/m0/s1. The first kappa shape index (κ1) is 14.7. The van der Waals surface area contributed by atoms with E-state index in [0.29, 0.717) is 17.8 Å². The van der Waals surface area contributed by atoms with Gasteiger partial charge in [-0.1, -0.05) is 12.1 Å². The lowest BCUT2D eigenvalue weighted by Crippen LogP contribution is -2.18. The number of nitrogens with one attached hydrogen (secondary N) is 1. The van der Waals surface area contributed by atoms with E-state index in [9.17, 15) is 4.39 Å². The average Bonchev–Trinajstić information content (AvgIpc) is 2.49. The smallest absolute Gasteiger partial charge is 0.165 e. The molecule has 2 aromatic rings. The van der Waals surface area contributed by atoms with Crippen molar-refractivity contribution in [3.05, 3.63) is 53.6 Å². The maximum atomic E-state index is 13.5. The first-order valence-electron chi connectivity index (χ1n) is 6.39. The van der Waals surface area contributed by atoms with Crippen LogP contribution in [0.1, 0.15) is 24.7 Å². The van der Waals surface area contributed by atoms with Crippen molar-refractivity contribution in [3.8, 4) is 18.1 Å². The summed E-state index contributed by atoms with van der Waals surface area (Å²) in [4.78, 5) is 0. The molecule has 0 aliphatic heterocycles. The lowest BCUT2D eigenvalue weighted by Gasteiger charge is -2.15. The number of ether oxygens (including phenoxy) is 1. The topological polar surface area (TPSA) is 58.9 Å². The number of benzene rings is 1. The van der Waals surface area contributed by atoms with E-state index in [1.165, 1.54) is 6.07 Å². The zero-order chi connectivity index (χ0) is 15.2. The summed E-state index contributed by atoms with van der Waals surface area (Å²) in [5.74, 6) is 2.11. The number of aromatic nitrogens is 2. The minimum Gasteiger partial charge on any atom is -0.487 e. The molecule has 1 N–H and O–H groups in total. The molecule has 0 radical (unpaired) electrons. The number of halogens is 1. The van der Waals surface area contributed by atoms with Gasteiger partial charge in [-0.15, -0.1) is 16.6 Å². The van der Waals surface area contributed by atoms with Crippen molar-refractivity contribution in [2.45, 2.75) is 19.4 Å². The Labute approximate surface area is 122 Å². The maximum absolute atomic E-state index is 13.5. The Kier molecular flexibility index (Phi) is 4.62. The largest absolute Gasteiger partial charge is 0.487 e. The fourth-order valence-corrected chi connectivity index (χ4v) is 1.76. The zero-order valence-corrected chi connectivity index (χ0v) is 11.5. The third-order valence-electron chi connectivity index (χ3n) is 2.78. The van der Waals surface area contributed by atoms with Crippen molar-refractivity contribution in [1.29, 1.82) is 5.41 Å². The molecule has 1 aromatic carbocycles. The van der Waals surface area contributed by atoms with Crippen molar-refractivity contribution >= 4 is 5.71 Å². The molecule has 0 bridgehead atoms. The third kappa shape index (κ3) is 3.86. The second-order valence-corrected chi connectivity index (χ2v) is 4.49. The molecule has 0 fully saturated rings. The summed E-state index contributed by atoms with van der Waals surface area (Å²) < 4.78 is 19.0. The first-order valence-corrected chi connectivity index (χ1v) is 6.39. The molecular formula is C16H14FN3O. The van der Waals surface area contributed by atoms with Gasteiger partial charge >= 0.3 is 0 Å². The Morgan fingerprint density at radius 3 is 2.71 bits per heavy atom. The van der Waals surface area contributed by atoms with Gasteiger partial charge in [-0.3, -0.25) is 0 Å². The van der Waals surface area contributed by atoms with Crippen molar-refractivity contribution < 1.29 is 9.13 Å². The Morgan fingerprint density at radius 2 is 2.10 bits per heavy atom. The molecule has 21 heavy (non-hydrogen) atoms. The van der Waals surface area contributed by atoms with E-state index >= 15 is 0 Å². The molecule has 0 saturated carbocycles. The predicted molar refractivity (Wildman–Crippen MR) is 77.9 cm³/mol. The second kappa shape index (κ2) is 6.62. The summed E-state index contributed by atoms with van der Waals surface area (Å²) in [5.41, 5.74) is 1.11. The van der Waals surface area contributed by atoms with Crippen LogP contribution < -0.4 is 4.74 Å². The average molecular weight is 283 g/mol. The van der Waals surface area contributed by atoms with Gasteiger partial charge in [0.25, 0.3) is 0 Å². The molecule has 0 aliphatic rings. The Morgan fingerprint density at radius 1 is 1.33 bits per heavy atom. The van der Waals surface area contributed by atoms with Crippen LogP contribution in [-0.2, 0) is 0 Å². The Hall–Kier alpha value is -2.74. The molecule has 1 atom stereocenters. The van der Waals surface area contributed by atoms with Gasteiger partial charge in [0.2, 0.25) is 0 Å². The molecule has 0 unspecified atom stereocenters. The molecule has 0 amide bonds. The normalized spacial score (nSPS) is 11.5. The molecule has 0 saturated heterocycles. The van der Waals surface area contributed by atoms with E-state index in [-0.39, 0.29) is 17.6 Å². The Balaban J connectivity index is 1.99. The highest BCUT2D eigenvalue weighted by Gasteiger charge is 2.13. The number of para-hydroxylation sites is 1. The van der Waals surface area contributed by atoms with Crippen LogP contribution in [0.4, 0.5) is 4.39 Å². The predicted octanol–water partition coefficient (Wildman–Crippen LogP) is 2.82. The molecule has 1 aromatic heterocycles. The highest BCUT2D eigenvalue weighted by molar-refractivity contribution is 5.96. The van der Waals surface area contributed by atoms with E-state index in [1.54, 1.807) is 37.3 Å². The second-order valence-electron chi connectivity index (χ2n) is 4.49. The van der Waals surface area contributed by atoms with Crippen LogP contribution in [0.2, 0.25) is 0 Å². The lowest BCUT2D eigenvalue weighted by atomic mass is 10.1. The fraction of sp³-hybridized carbons (Fsp3) is 0.188. The summed E-state index contributed by atoms with van der Waals surface area (Å²) in [6.45, 7) is 1.77. The van der Waals surface area contributed by atoms with E-state index in [1.807, 2.05) is 0 Å². The summed E-state index contributed by atoms with van der Waals surface area (Å²) in [7, 11) is 0. The van der Waals surface area contributed by atoms with Gasteiger partial charge in [0.1, 0.15) is 17.5 Å². The van der Waals surface area contributed by atoms with Gasteiger partial charge in [0, 0.05) is 6.42 Å². The van der Waals surface area contributed by atoms with Crippen LogP contribution in [-0.4, -0.2) is 22.0 Å². The summed E-state index contributed by atoms with van der Waals surface area (Å²) in [5, 5.41) is 15.7. The van der Waals surface area contributed by atoms with E-state index in [4.69, 9.17) is 16.6 Å². The first-order chi connectivity index (χ1) is 10.1. The number of hydrogen-bond donors (Lipinski definition) is 1. The lowest BCUT2D eigenvalue weighted by molar-refractivity contribution is 0.219. The molecule has 0 aliphatic carbocycles. The van der Waals surface area contributed by atoms with Crippen LogP contribution in [0, 0.1) is 23.6 Å². The maximum Gasteiger partial charge on any atom is 0.165 e. The highest BCUT2D eigenvalue weighted by atomic mass is 19.1. The molecule has 2 rings (SSSR count). The quantitative estimate of drug-likeness (QED) is 0.678. The Bertz CT molecular complexity index is 677. The molecule has 4 nitrogen and oxygen atoms in total. The van der Waals surface area contributed by atoms with Gasteiger partial charge in [-0.05, 0) is 37.1 Å². The minimum absolute atomic E-state index is 0.173. The summed E-state index contributed by atoms with van der Waals surface area (Å²) >= 11 is 0. The number of rotatable bonds is 5. The van der Waals surface area contributed by atoms with Crippen LogP contribution in [0.3, 0.4) is 0 Å². The number of terminal acetylenes is 1. The van der Waals surface area contributed by atoms with Crippen LogP contribution in [0.25, 0.3) is 0 Å². The third-order valence-corrected chi connectivity index (χ3v) is 2.78. The molecule has 0 spiro atoms. The molecule has 1 heterocycles. The molecular weight excluding hydrogens is 269 g/mol. The van der Waals surface area contributed by atoms with Gasteiger partial charge in [0.15, 0.2) is 11.6 Å². The van der Waals surface area contributed by atoms with Gasteiger partial charge < -0.3 is 10.1 Å². The summed E-state index contributed by atoms with van der Waals surface area (Å²) in [6, 6.07) is 9.44. The van der Waals surface area contributed by atoms with Crippen LogP contribution in [0.5, 0.6) is 5.75 Å². The molecule has 106 valence electrons. The van der Waals surface area contributed by atoms with Crippen LogP contribution >= 0.6 is 0 Å². The van der Waals surface area contributed by atoms with Crippen molar-refractivity contribution in [2.75, 3.05) is 0 Å². The van der Waals surface area contributed by atoms with E-state index < -0.39 is 5.82 Å². The van der Waals surface area contributed by atoms with Gasteiger partial charge in [-0.2, -0.15) is 0 Å². The van der Waals surface area contributed by atoms with Crippen molar-refractivity contribution in [3.63, 3.8) is 0 Å². The van der Waals surface area contributed by atoms with Crippen molar-refractivity contribution in [2.24, 2.45) is 0 Å². The van der Waals surface area contributed by atoms with Gasteiger partial charge in [-0.25, -0.2) is 4.39 Å². The molecule has 5 heteroatoms. The monoisotopic (exact) mass is 283 g/mol. The SMILES string of the molecule is C#Cc1ccc(C(=N)C[C@H](C)Oc2ccccc2F)nn1. The minimum atomic E-state index is -0.422. The number of nitrogens with zero attached hydrogens (tertiary/aromatic N) is 2. The number of hydrogen-bond acceptors (Lipinski definition) is 4. The highest BCUT2D eigenvalue weighted by Crippen LogP contribution is 2.18. The van der Waals surface area contributed by atoms with Gasteiger partial charge in [0.05, 0.1) is 5.71 Å².